The maximum atomic E-state index is 13.0. The molecule has 1 saturated heterocycles. The smallest absolute Gasteiger partial charge is 0.229 e. The van der Waals surface area contributed by atoms with Gasteiger partial charge in [-0.15, -0.1) is 0 Å². The molecule has 0 radical (unpaired) electrons. The number of nitrogens with one attached hydrogen (secondary N) is 1. The van der Waals surface area contributed by atoms with E-state index in [1.54, 1.807) is 35.2 Å². The Morgan fingerprint density at radius 2 is 1.83 bits per heavy atom. The van der Waals surface area contributed by atoms with Gasteiger partial charge in [0.15, 0.2) is 11.5 Å². The highest BCUT2D eigenvalue weighted by Crippen LogP contribution is 2.33. The molecule has 0 aromatic heterocycles. The van der Waals surface area contributed by atoms with Gasteiger partial charge in [-0.2, -0.15) is 0 Å². The number of nitrogens with zero attached hydrogens (tertiary/aromatic N) is 1. The average Bonchev–Trinajstić information content (AvgIpc) is 2.75. The highest BCUT2D eigenvalue weighted by molar-refractivity contribution is 5.93. The van der Waals surface area contributed by atoms with Crippen LogP contribution >= 0.6 is 0 Å². The van der Waals surface area contributed by atoms with Gasteiger partial charge in [-0.3, -0.25) is 9.59 Å². The Balaban J connectivity index is 1.35. The summed E-state index contributed by atoms with van der Waals surface area (Å²) in [6.07, 6.45) is 1.71. The molecule has 1 atom stereocenters. The zero-order valence-corrected chi connectivity index (χ0v) is 16.0. The summed E-state index contributed by atoms with van der Waals surface area (Å²) >= 11 is 0. The first kappa shape index (κ1) is 19.2. The number of fused-ring (bicyclic) bond motifs is 1. The van der Waals surface area contributed by atoms with E-state index >= 15 is 0 Å². The molecule has 152 valence electrons. The molecule has 29 heavy (non-hydrogen) atoms. The van der Waals surface area contributed by atoms with Crippen molar-refractivity contribution < 1.29 is 23.5 Å². The van der Waals surface area contributed by atoms with Crippen LogP contribution in [0.15, 0.2) is 42.5 Å². The number of carbonyl (C=O) groups is 2. The summed E-state index contributed by atoms with van der Waals surface area (Å²) in [5.74, 6) is 0.539. The van der Waals surface area contributed by atoms with Crippen molar-refractivity contribution in [3.63, 3.8) is 0 Å². The molecule has 1 fully saturated rings. The lowest BCUT2D eigenvalue weighted by Crippen LogP contribution is -2.44. The van der Waals surface area contributed by atoms with Crippen molar-refractivity contribution in [3.8, 4) is 11.5 Å². The lowest BCUT2D eigenvalue weighted by atomic mass is 9.96. The maximum absolute atomic E-state index is 13.0. The lowest BCUT2D eigenvalue weighted by molar-refractivity contribution is -0.133. The van der Waals surface area contributed by atoms with Crippen LogP contribution < -0.4 is 14.8 Å². The molecule has 6 nitrogen and oxygen atoms in total. The van der Waals surface area contributed by atoms with E-state index in [1.165, 1.54) is 12.1 Å². The minimum Gasteiger partial charge on any atom is -0.486 e. The average molecular weight is 398 g/mol. The summed E-state index contributed by atoms with van der Waals surface area (Å²) < 4.78 is 24.1. The summed E-state index contributed by atoms with van der Waals surface area (Å²) in [5.41, 5.74) is 1.41. The highest BCUT2D eigenvalue weighted by atomic mass is 19.1. The van der Waals surface area contributed by atoms with Gasteiger partial charge in [-0.1, -0.05) is 12.1 Å². The SMILES string of the molecule is O=C(Nc1ccc2c(c1)OCCO2)C1CCCN(C(=O)Cc2ccc(F)cc2)C1. The van der Waals surface area contributed by atoms with Crippen LogP contribution in [0.1, 0.15) is 18.4 Å². The van der Waals surface area contributed by atoms with Gasteiger partial charge in [-0.25, -0.2) is 4.39 Å². The first-order valence-electron chi connectivity index (χ1n) is 9.81. The Hall–Kier alpha value is -3.09. The summed E-state index contributed by atoms with van der Waals surface area (Å²) in [6, 6.07) is 11.2. The van der Waals surface area contributed by atoms with Crippen molar-refractivity contribution in [2.24, 2.45) is 5.92 Å². The molecule has 2 aliphatic heterocycles. The van der Waals surface area contributed by atoms with E-state index in [9.17, 15) is 14.0 Å². The van der Waals surface area contributed by atoms with Crippen LogP contribution in [-0.2, 0) is 16.0 Å². The lowest BCUT2D eigenvalue weighted by Gasteiger charge is -2.32. The van der Waals surface area contributed by atoms with Crippen LogP contribution in [0, 0.1) is 11.7 Å². The first-order valence-corrected chi connectivity index (χ1v) is 9.81. The predicted octanol–water partition coefficient (Wildman–Crippen LogP) is 3.02. The largest absolute Gasteiger partial charge is 0.486 e. The van der Waals surface area contributed by atoms with E-state index < -0.39 is 0 Å². The molecule has 1 N–H and O–H groups in total. The monoisotopic (exact) mass is 398 g/mol. The molecule has 2 amide bonds. The van der Waals surface area contributed by atoms with Gasteiger partial charge in [-0.05, 0) is 42.7 Å². The number of rotatable bonds is 4. The number of anilines is 1. The van der Waals surface area contributed by atoms with Crippen molar-refractivity contribution in [1.29, 1.82) is 0 Å². The van der Waals surface area contributed by atoms with Crippen LogP contribution in [0.25, 0.3) is 0 Å². The number of carbonyl (C=O) groups excluding carboxylic acids is 2. The zero-order valence-electron chi connectivity index (χ0n) is 16.0. The van der Waals surface area contributed by atoms with Crippen LogP contribution in [0.3, 0.4) is 0 Å². The van der Waals surface area contributed by atoms with E-state index in [2.05, 4.69) is 5.32 Å². The second-order valence-corrected chi connectivity index (χ2v) is 7.33. The Labute approximate surface area is 168 Å². The standard InChI is InChI=1S/C22H23FN2O4/c23-17-5-3-15(4-6-17)12-21(26)25-9-1-2-16(14-25)22(27)24-18-7-8-19-20(13-18)29-11-10-28-19/h3-8,13,16H,1-2,9-12,14H2,(H,24,27). The molecule has 2 aliphatic rings. The molecule has 1 unspecified atom stereocenters. The van der Waals surface area contributed by atoms with Gasteiger partial charge in [0.1, 0.15) is 19.0 Å². The summed E-state index contributed by atoms with van der Waals surface area (Å²) in [5, 5.41) is 2.92. The Kier molecular flexibility index (Phi) is 5.64. The van der Waals surface area contributed by atoms with Gasteiger partial charge in [0.2, 0.25) is 11.8 Å². The van der Waals surface area contributed by atoms with E-state index in [0.29, 0.717) is 43.5 Å². The van der Waals surface area contributed by atoms with E-state index in [-0.39, 0.29) is 30.0 Å². The molecular weight excluding hydrogens is 375 g/mol. The number of ether oxygens (including phenoxy) is 2. The molecule has 2 heterocycles. The Morgan fingerprint density at radius 3 is 2.62 bits per heavy atom. The fraction of sp³-hybridized carbons (Fsp3) is 0.364. The van der Waals surface area contributed by atoms with Crippen LogP contribution in [0.2, 0.25) is 0 Å². The molecule has 2 aromatic carbocycles. The van der Waals surface area contributed by atoms with Gasteiger partial charge in [0.25, 0.3) is 0 Å². The second kappa shape index (κ2) is 8.51. The van der Waals surface area contributed by atoms with Crippen molar-refractivity contribution in [2.75, 3.05) is 31.6 Å². The van der Waals surface area contributed by atoms with Gasteiger partial charge >= 0.3 is 0 Å². The van der Waals surface area contributed by atoms with Crippen LogP contribution in [0.5, 0.6) is 11.5 Å². The molecule has 4 rings (SSSR count). The van der Waals surface area contributed by atoms with Crippen molar-refractivity contribution in [1.82, 2.24) is 4.90 Å². The summed E-state index contributed by atoms with van der Waals surface area (Å²) in [6.45, 7) is 2.02. The summed E-state index contributed by atoms with van der Waals surface area (Å²) in [4.78, 5) is 27.1. The quantitative estimate of drug-likeness (QED) is 0.860. The molecule has 7 heteroatoms. The third-order valence-electron chi connectivity index (χ3n) is 5.22. The fourth-order valence-electron chi connectivity index (χ4n) is 3.67. The molecule has 0 bridgehead atoms. The van der Waals surface area contributed by atoms with Crippen LogP contribution in [0.4, 0.5) is 10.1 Å². The minimum absolute atomic E-state index is 0.0477. The molecular formula is C22H23FN2O4. The van der Waals surface area contributed by atoms with Crippen molar-refractivity contribution >= 4 is 17.5 Å². The van der Waals surface area contributed by atoms with E-state index in [0.717, 1.165) is 18.4 Å². The van der Waals surface area contributed by atoms with Crippen LogP contribution in [-0.4, -0.2) is 43.0 Å². The number of benzene rings is 2. The number of hydrogen-bond donors (Lipinski definition) is 1. The molecule has 0 aliphatic carbocycles. The number of amides is 2. The van der Waals surface area contributed by atoms with Gasteiger partial charge in [0.05, 0.1) is 12.3 Å². The highest BCUT2D eigenvalue weighted by Gasteiger charge is 2.28. The third kappa shape index (κ3) is 4.67. The third-order valence-corrected chi connectivity index (χ3v) is 5.22. The van der Waals surface area contributed by atoms with Crippen molar-refractivity contribution in [3.05, 3.63) is 53.8 Å². The number of halogens is 1. The van der Waals surface area contributed by atoms with Gasteiger partial charge < -0.3 is 19.7 Å². The van der Waals surface area contributed by atoms with E-state index in [4.69, 9.17) is 9.47 Å². The zero-order chi connectivity index (χ0) is 20.2. The number of hydrogen-bond acceptors (Lipinski definition) is 4. The Morgan fingerprint density at radius 1 is 1.07 bits per heavy atom. The topological polar surface area (TPSA) is 67.9 Å². The number of piperidine rings is 1. The summed E-state index contributed by atoms with van der Waals surface area (Å²) in [7, 11) is 0. The molecule has 2 aromatic rings. The van der Waals surface area contributed by atoms with E-state index in [1.807, 2.05) is 0 Å². The molecule has 0 saturated carbocycles. The predicted molar refractivity (Wildman–Crippen MR) is 105 cm³/mol. The molecule has 0 spiro atoms. The second-order valence-electron chi connectivity index (χ2n) is 7.33. The minimum atomic E-state index is -0.324. The normalized spacial score (nSPS) is 18.2. The van der Waals surface area contributed by atoms with Gasteiger partial charge in [0, 0.05) is 24.8 Å². The number of likely N-dealkylation sites (tertiary alicyclic amines) is 1. The maximum Gasteiger partial charge on any atom is 0.229 e. The van der Waals surface area contributed by atoms with Crippen molar-refractivity contribution in [2.45, 2.75) is 19.3 Å². The first-order chi connectivity index (χ1) is 14.1. The fourth-order valence-corrected chi connectivity index (χ4v) is 3.67. The Bertz CT molecular complexity index is 900.